The lowest BCUT2D eigenvalue weighted by Crippen LogP contribution is -2.52. The van der Waals surface area contributed by atoms with E-state index < -0.39 is 27.4 Å². The molecule has 1 aromatic heterocycles. The van der Waals surface area contributed by atoms with E-state index in [-0.39, 0.29) is 39.4 Å². The number of sulfone groups is 1. The highest BCUT2D eigenvalue weighted by molar-refractivity contribution is 7.89. The van der Waals surface area contributed by atoms with Gasteiger partial charge >= 0.3 is 0 Å². The first kappa shape index (κ1) is 26.4. The Labute approximate surface area is 230 Å². The monoisotopic (exact) mass is 563 g/mol. The summed E-state index contributed by atoms with van der Waals surface area (Å²) in [5, 5.41) is 3.00. The average Bonchev–Trinajstić information content (AvgIpc) is 3.22. The number of ketones is 1. The molecule has 3 aliphatic carbocycles. The number of rotatable bonds is 8. The van der Waals surface area contributed by atoms with Crippen molar-refractivity contribution in [1.82, 2.24) is 5.32 Å². The van der Waals surface area contributed by atoms with Gasteiger partial charge in [0.2, 0.25) is 0 Å². The molecule has 0 atom stereocenters. The van der Waals surface area contributed by atoms with Crippen LogP contribution in [0.2, 0.25) is 0 Å². The smallest absolute Gasteiger partial charge is 0.255 e. The van der Waals surface area contributed by atoms with Crippen molar-refractivity contribution < 1.29 is 31.2 Å². The summed E-state index contributed by atoms with van der Waals surface area (Å²) in [5.74, 6) is -1.24. The average molecular weight is 564 g/mol. The van der Waals surface area contributed by atoms with Crippen LogP contribution in [0.3, 0.4) is 0 Å². The second-order valence-corrected chi connectivity index (χ2v) is 13.4. The zero-order chi connectivity index (χ0) is 28.4. The maximum absolute atomic E-state index is 14.9. The summed E-state index contributed by atoms with van der Waals surface area (Å²) in [6, 6.07) is 12.9. The number of amides is 1. The van der Waals surface area contributed by atoms with Crippen molar-refractivity contribution in [3.63, 3.8) is 0 Å². The van der Waals surface area contributed by atoms with E-state index in [9.17, 15) is 26.8 Å². The lowest BCUT2D eigenvalue weighted by Gasteiger charge is -2.62. The SMILES string of the molecule is CNC(=O)c1c(-c2ccc(F)cc2)oc2cc(CS(C)(=O)=O)c(-c3ccc(F)c(C(=O)CC45CC(C4)C5)c3)cc12. The van der Waals surface area contributed by atoms with Gasteiger partial charge in [0.25, 0.3) is 5.91 Å². The molecule has 4 aromatic rings. The van der Waals surface area contributed by atoms with Gasteiger partial charge in [0.05, 0.1) is 16.9 Å². The molecule has 3 aromatic carbocycles. The van der Waals surface area contributed by atoms with Gasteiger partial charge in [-0.1, -0.05) is 6.07 Å². The van der Waals surface area contributed by atoms with Crippen molar-refractivity contribution in [2.75, 3.05) is 13.3 Å². The van der Waals surface area contributed by atoms with Gasteiger partial charge in [-0.3, -0.25) is 9.59 Å². The second-order valence-electron chi connectivity index (χ2n) is 11.2. The van der Waals surface area contributed by atoms with E-state index in [2.05, 4.69) is 5.32 Å². The fraction of sp³-hybridized carbons (Fsp3) is 0.290. The van der Waals surface area contributed by atoms with Crippen molar-refractivity contribution in [3.8, 4) is 22.5 Å². The van der Waals surface area contributed by atoms with Crippen molar-refractivity contribution in [2.45, 2.75) is 31.4 Å². The third-order valence-electron chi connectivity index (χ3n) is 8.17. The van der Waals surface area contributed by atoms with Gasteiger partial charge < -0.3 is 9.73 Å². The molecule has 6 nitrogen and oxygen atoms in total. The Balaban J connectivity index is 1.52. The molecule has 40 heavy (non-hydrogen) atoms. The predicted octanol–water partition coefficient (Wildman–Crippen LogP) is 6.32. The molecule has 7 rings (SSSR count). The molecule has 0 unspecified atom stereocenters. The Bertz CT molecular complexity index is 1790. The fourth-order valence-corrected chi connectivity index (χ4v) is 7.03. The van der Waals surface area contributed by atoms with Crippen LogP contribution in [0.1, 0.15) is 52.0 Å². The molecule has 3 fully saturated rings. The summed E-state index contributed by atoms with van der Waals surface area (Å²) in [7, 11) is -2.04. The number of benzene rings is 3. The van der Waals surface area contributed by atoms with E-state index in [1.807, 2.05) is 0 Å². The fourth-order valence-electron chi connectivity index (χ4n) is 6.23. The van der Waals surface area contributed by atoms with Crippen LogP contribution in [0.25, 0.3) is 33.4 Å². The van der Waals surface area contributed by atoms with Crippen molar-refractivity contribution in [1.29, 1.82) is 0 Å². The van der Waals surface area contributed by atoms with Crippen LogP contribution < -0.4 is 5.32 Å². The van der Waals surface area contributed by atoms with Crippen molar-refractivity contribution in [2.24, 2.45) is 11.3 Å². The maximum atomic E-state index is 14.9. The van der Waals surface area contributed by atoms with Crippen LogP contribution in [-0.4, -0.2) is 33.4 Å². The molecule has 1 heterocycles. The van der Waals surface area contributed by atoms with Gasteiger partial charge in [-0.05, 0) is 95.8 Å². The molecule has 3 aliphatic rings. The van der Waals surface area contributed by atoms with Gasteiger partial charge in [0, 0.05) is 30.7 Å². The van der Waals surface area contributed by atoms with E-state index >= 15 is 0 Å². The van der Waals surface area contributed by atoms with Gasteiger partial charge in [-0.2, -0.15) is 0 Å². The summed E-state index contributed by atoms with van der Waals surface area (Å²) in [5.41, 5.74) is 2.16. The van der Waals surface area contributed by atoms with Crippen molar-refractivity contribution >= 4 is 32.5 Å². The summed E-state index contributed by atoms with van der Waals surface area (Å²) >= 11 is 0. The molecule has 0 aliphatic heterocycles. The number of hydrogen-bond acceptors (Lipinski definition) is 5. The maximum Gasteiger partial charge on any atom is 0.255 e. The number of Topliss-reactive ketones (excluding diaryl/α,β-unsaturated/α-hetero) is 1. The van der Waals surface area contributed by atoms with E-state index in [0.717, 1.165) is 25.5 Å². The molecule has 2 bridgehead atoms. The summed E-state index contributed by atoms with van der Waals surface area (Å²) in [6.07, 6.45) is 4.42. The minimum Gasteiger partial charge on any atom is -0.455 e. The highest BCUT2D eigenvalue weighted by atomic mass is 32.2. The molecule has 3 saturated carbocycles. The van der Waals surface area contributed by atoms with E-state index in [1.165, 1.54) is 49.5 Å². The Hall–Kier alpha value is -3.85. The molecule has 9 heteroatoms. The molecule has 0 radical (unpaired) electrons. The first-order valence-electron chi connectivity index (χ1n) is 13.0. The lowest BCUT2D eigenvalue weighted by atomic mass is 9.43. The summed E-state index contributed by atoms with van der Waals surface area (Å²) in [6.45, 7) is 0. The van der Waals surface area contributed by atoms with Crippen LogP contribution in [0.15, 0.2) is 59.0 Å². The van der Waals surface area contributed by atoms with Gasteiger partial charge in [-0.25, -0.2) is 17.2 Å². The Morgan fingerprint density at radius 3 is 2.27 bits per heavy atom. The minimum atomic E-state index is -3.51. The number of halogens is 2. The Morgan fingerprint density at radius 2 is 1.68 bits per heavy atom. The highest BCUT2D eigenvalue weighted by Gasteiger charge is 2.57. The zero-order valence-corrected chi connectivity index (χ0v) is 22.8. The van der Waals surface area contributed by atoms with Crippen LogP contribution in [-0.2, 0) is 15.6 Å². The Morgan fingerprint density at radius 1 is 1.00 bits per heavy atom. The minimum absolute atomic E-state index is 0.000513. The molecular weight excluding hydrogens is 536 g/mol. The quantitative estimate of drug-likeness (QED) is 0.253. The predicted molar refractivity (Wildman–Crippen MR) is 148 cm³/mol. The van der Waals surface area contributed by atoms with Gasteiger partial charge in [0.1, 0.15) is 23.0 Å². The first-order valence-corrected chi connectivity index (χ1v) is 15.1. The largest absolute Gasteiger partial charge is 0.455 e. The normalized spacial score (nSPS) is 19.6. The lowest BCUT2D eigenvalue weighted by molar-refractivity contribution is -0.103. The second kappa shape index (κ2) is 9.37. The molecule has 206 valence electrons. The number of hydrogen-bond donors (Lipinski definition) is 1. The standard InChI is InChI=1S/C31H27F2NO5S/c1-34-30(36)28-24-11-22(19-5-8-25(33)23(9-19)26(35)15-31-12-17(13-31)14-31)20(16-40(2,37)38)10-27(24)39-29(28)18-3-6-21(32)7-4-18/h3-11,17H,12-16H2,1-2H3,(H,34,36). The number of nitrogens with one attached hydrogen (secondary N) is 1. The van der Waals surface area contributed by atoms with Crippen LogP contribution in [0.4, 0.5) is 8.78 Å². The molecule has 0 spiro atoms. The number of carbonyl (C=O) groups is 2. The molecule has 1 amide bonds. The number of carbonyl (C=O) groups excluding carboxylic acids is 2. The molecular formula is C31H27F2NO5S. The Kier molecular flexibility index (Phi) is 6.18. The van der Waals surface area contributed by atoms with Crippen molar-refractivity contribution in [3.05, 3.63) is 82.9 Å². The van der Waals surface area contributed by atoms with E-state index in [0.29, 0.717) is 40.0 Å². The van der Waals surface area contributed by atoms with E-state index in [4.69, 9.17) is 4.42 Å². The number of fused-ring (bicyclic) bond motifs is 1. The van der Waals surface area contributed by atoms with Crippen LogP contribution >= 0.6 is 0 Å². The molecule has 1 N–H and O–H groups in total. The van der Waals surface area contributed by atoms with Gasteiger partial charge in [0.15, 0.2) is 15.6 Å². The molecule has 0 saturated heterocycles. The zero-order valence-electron chi connectivity index (χ0n) is 22.0. The third kappa shape index (κ3) is 4.62. The topological polar surface area (TPSA) is 93.4 Å². The van der Waals surface area contributed by atoms with Crippen LogP contribution in [0.5, 0.6) is 0 Å². The van der Waals surface area contributed by atoms with Crippen LogP contribution in [0, 0.1) is 23.0 Å². The van der Waals surface area contributed by atoms with Gasteiger partial charge in [-0.15, -0.1) is 0 Å². The van der Waals surface area contributed by atoms with E-state index in [1.54, 1.807) is 12.1 Å². The first-order chi connectivity index (χ1) is 18.9. The number of furan rings is 1. The summed E-state index contributed by atoms with van der Waals surface area (Å²) in [4.78, 5) is 26.2. The summed E-state index contributed by atoms with van der Waals surface area (Å²) < 4.78 is 59.3. The highest BCUT2D eigenvalue weighted by Crippen LogP contribution is 2.66. The third-order valence-corrected chi connectivity index (χ3v) is 9.01.